The largest absolute Gasteiger partial charge is 0.340 e. The Morgan fingerprint density at radius 2 is 2.19 bits per heavy atom. The molecule has 0 bridgehead atoms. The van der Waals surface area contributed by atoms with Crippen molar-refractivity contribution in [1.29, 1.82) is 0 Å². The highest BCUT2D eigenvalue weighted by Crippen LogP contribution is 2.27. The number of aliphatic imine (C=N–C) groups is 1. The first kappa shape index (κ1) is 14.4. The van der Waals surface area contributed by atoms with Crippen molar-refractivity contribution in [2.75, 3.05) is 49.7 Å². The molecule has 6 nitrogen and oxygen atoms in total. The molecule has 114 valence electrons. The zero-order valence-corrected chi connectivity index (χ0v) is 13.3. The number of anilines is 2. The molecule has 0 unspecified atom stereocenters. The molecule has 0 amide bonds. The van der Waals surface area contributed by atoms with E-state index in [0.29, 0.717) is 6.67 Å². The molecule has 0 radical (unpaired) electrons. The minimum Gasteiger partial charge on any atom is -0.340 e. The van der Waals surface area contributed by atoms with Gasteiger partial charge in [-0.15, -0.1) is 0 Å². The summed E-state index contributed by atoms with van der Waals surface area (Å²) >= 11 is 6.00. The molecular weight excluding hydrogens is 288 g/mol. The average Bonchev–Trinajstić information content (AvgIpc) is 2.86. The number of imidazole rings is 1. The summed E-state index contributed by atoms with van der Waals surface area (Å²) in [5, 5.41) is 4.17. The second-order valence-electron chi connectivity index (χ2n) is 5.41. The fourth-order valence-electron chi connectivity index (χ4n) is 2.67. The maximum absolute atomic E-state index is 6.00. The lowest BCUT2D eigenvalue weighted by atomic mass is 10.3. The molecule has 0 aliphatic carbocycles. The number of hydrogen-bond donors (Lipinski definition) is 1. The number of rotatable bonds is 3. The van der Waals surface area contributed by atoms with Gasteiger partial charge in [-0.25, -0.2) is 0 Å². The topological polar surface area (TPSA) is 48.7 Å². The number of allylic oxidation sites excluding steroid dienone is 2. The van der Waals surface area contributed by atoms with Crippen molar-refractivity contribution in [2.24, 2.45) is 4.99 Å². The lowest BCUT2D eigenvalue weighted by Gasteiger charge is -2.28. The number of aromatic nitrogens is 2. The second-order valence-corrected chi connectivity index (χ2v) is 6.01. The van der Waals surface area contributed by atoms with Crippen LogP contribution < -0.4 is 15.1 Å². The summed E-state index contributed by atoms with van der Waals surface area (Å²) in [4.78, 5) is 13.7. The van der Waals surface area contributed by atoms with Crippen molar-refractivity contribution < 1.29 is 0 Å². The average molecular weight is 309 g/mol. The molecule has 1 saturated heterocycles. The molecule has 2 aliphatic heterocycles. The summed E-state index contributed by atoms with van der Waals surface area (Å²) in [6.45, 7) is 7.21. The van der Waals surface area contributed by atoms with E-state index < -0.39 is 0 Å². The van der Waals surface area contributed by atoms with Crippen LogP contribution in [0.2, 0.25) is 0 Å². The summed E-state index contributed by atoms with van der Waals surface area (Å²) in [5.41, 5.74) is 1.06. The Bertz CT molecular complexity index is 566. The first-order chi connectivity index (χ1) is 10.2. The fourth-order valence-corrected chi connectivity index (χ4v) is 2.74. The van der Waals surface area contributed by atoms with Crippen molar-refractivity contribution in [2.45, 2.75) is 13.5 Å². The quantitative estimate of drug-likeness (QED) is 0.913. The standard InChI is InChI=1S/C14H21ClN6/c1-11(15)3-6-21-12-9-17-10-19(2)13(12)18-14(21)20-7-4-16-5-8-20/h3,9,16H,4-8,10H2,1-2H3. The van der Waals surface area contributed by atoms with Crippen molar-refractivity contribution >= 4 is 29.6 Å². The Morgan fingerprint density at radius 3 is 2.90 bits per heavy atom. The van der Waals surface area contributed by atoms with Gasteiger partial charge in [-0.1, -0.05) is 17.7 Å². The van der Waals surface area contributed by atoms with Gasteiger partial charge in [0.25, 0.3) is 0 Å². The highest BCUT2D eigenvalue weighted by molar-refractivity contribution is 6.29. The summed E-state index contributed by atoms with van der Waals surface area (Å²) in [7, 11) is 2.02. The second kappa shape index (κ2) is 6.07. The van der Waals surface area contributed by atoms with Gasteiger partial charge < -0.3 is 19.7 Å². The molecule has 7 heteroatoms. The van der Waals surface area contributed by atoms with Crippen LogP contribution in [0.25, 0.3) is 0 Å². The van der Waals surface area contributed by atoms with E-state index in [1.54, 1.807) is 0 Å². The zero-order valence-electron chi connectivity index (χ0n) is 12.5. The first-order valence-electron chi connectivity index (χ1n) is 7.26. The minimum atomic E-state index is 0.662. The molecule has 21 heavy (non-hydrogen) atoms. The molecule has 0 saturated carbocycles. The van der Waals surface area contributed by atoms with Crippen molar-refractivity contribution in [3.63, 3.8) is 0 Å². The smallest absolute Gasteiger partial charge is 0.208 e. The van der Waals surface area contributed by atoms with Crippen LogP contribution in [0.15, 0.2) is 16.1 Å². The van der Waals surface area contributed by atoms with Crippen LogP contribution in [0.5, 0.6) is 0 Å². The third kappa shape index (κ3) is 2.91. The van der Waals surface area contributed by atoms with E-state index in [1.165, 1.54) is 0 Å². The Hall–Kier alpha value is -1.53. The molecule has 0 atom stereocenters. The fraction of sp³-hybridized carbons (Fsp3) is 0.571. The molecular formula is C14H21ClN6. The first-order valence-corrected chi connectivity index (χ1v) is 7.64. The molecule has 1 aromatic heterocycles. The van der Waals surface area contributed by atoms with Gasteiger partial charge in [0.2, 0.25) is 5.95 Å². The predicted molar refractivity (Wildman–Crippen MR) is 87.8 cm³/mol. The summed E-state index contributed by atoms with van der Waals surface area (Å²) in [6, 6.07) is 0. The third-order valence-electron chi connectivity index (χ3n) is 3.79. The maximum atomic E-state index is 6.00. The molecule has 1 aromatic rings. The Balaban J connectivity index is 2.00. The summed E-state index contributed by atoms with van der Waals surface area (Å²) in [6.07, 6.45) is 3.93. The number of fused-ring (bicyclic) bond motifs is 1. The SMILES string of the molecule is CC(Cl)=CCn1c(N2CCNCC2)nc2c1C=NCN2C. The molecule has 2 aliphatic rings. The normalized spacial score (nSPS) is 19.1. The summed E-state index contributed by atoms with van der Waals surface area (Å²) < 4.78 is 2.20. The maximum Gasteiger partial charge on any atom is 0.208 e. The van der Waals surface area contributed by atoms with Crippen LogP contribution in [0.3, 0.4) is 0 Å². The minimum absolute atomic E-state index is 0.662. The monoisotopic (exact) mass is 308 g/mol. The van der Waals surface area contributed by atoms with Gasteiger partial charge in [-0.2, -0.15) is 4.98 Å². The lowest BCUT2D eigenvalue weighted by Crippen LogP contribution is -2.44. The molecule has 3 rings (SSSR count). The van der Waals surface area contributed by atoms with Gasteiger partial charge in [-0.3, -0.25) is 4.99 Å². The Morgan fingerprint density at radius 1 is 1.43 bits per heavy atom. The van der Waals surface area contributed by atoms with E-state index in [0.717, 1.165) is 55.2 Å². The van der Waals surface area contributed by atoms with E-state index >= 15 is 0 Å². The molecule has 1 N–H and O–H groups in total. The number of hydrogen-bond acceptors (Lipinski definition) is 5. The number of halogens is 1. The van der Waals surface area contributed by atoms with E-state index in [1.807, 2.05) is 26.3 Å². The van der Waals surface area contributed by atoms with Crippen molar-refractivity contribution in [3.05, 3.63) is 16.8 Å². The Kier molecular flexibility index (Phi) is 4.17. The van der Waals surface area contributed by atoms with E-state index in [-0.39, 0.29) is 0 Å². The highest BCUT2D eigenvalue weighted by Gasteiger charge is 2.24. The summed E-state index contributed by atoms with van der Waals surface area (Å²) in [5.74, 6) is 2.01. The van der Waals surface area contributed by atoms with Crippen LogP contribution in [-0.2, 0) is 6.54 Å². The number of piperazine rings is 1. The zero-order chi connectivity index (χ0) is 14.8. The van der Waals surface area contributed by atoms with Gasteiger partial charge in [0, 0.05) is 44.8 Å². The van der Waals surface area contributed by atoms with Crippen molar-refractivity contribution in [1.82, 2.24) is 14.9 Å². The van der Waals surface area contributed by atoms with Crippen LogP contribution >= 0.6 is 11.6 Å². The number of nitrogens with zero attached hydrogens (tertiary/aromatic N) is 5. The van der Waals surface area contributed by atoms with Crippen LogP contribution in [0, 0.1) is 0 Å². The predicted octanol–water partition coefficient (Wildman–Crippen LogP) is 1.26. The molecule has 1 fully saturated rings. The van der Waals surface area contributed by atoms with Gasteiger partial charge in [0.1, 0.15) is 12.4 Å². The molecule has 0 aromatic carbocycles. The van der Waals surface area contributed by atoms with Gasteiger partial charge in [0.05, 0.1) is 6.21 Å². The molecule has 3 heterocycles. The highest BCUT2D eigenvalue weighted by atomic mass is 35.5. The van der Waals surface area contributed by atoms with E-state index in [9.17, 15) is 0 Å². The van der Waals surface area contributed by atoms with Crippen LogP contribution in [0.4, 0.5) is 11.8 Å². The van der Waals surface area contributed by atoms with Gasteiger partial charge in [-0.05, 0) is 6.92 Å². The van der Waals surface area contributed by atoms with Crippen LogP contribution in [0.1, 0.15) is 12.6 Å². The van der Waals surface area contributed by atoms with Gasteiger partial charge >= 0.3 is 0 Å². The van der Waals surface area contributed by atoms with Gasteiger partial charge in [0.15, 0.2) is 5.82 Å². The van der Waals surface area contributed by atoms with E-state index in [2.05, 4.69) is 24.7 Å². The van der Waals surface area contributed by atoms with E-state index in [4.69, 9.17) is 16.6 Å². The third-order valence-corrected chi connectivity index (χ3v) is 3.95. The Labute approximate surface area is 130 Å². The lowest BCUT2D eigenvalue weighted by molar-refractivity contribution is 0.570. The van der Waals surface area contributed by atoms with Crippen LogP contribution in [-0.4, -0.2) is 55.7 Å². The molecule has 0 spiro atoms. The van der Waals surface area contributed by atoms with Crippen molar-refractivity contribution in [3.8, 4) is 0 Å². The number of nitrogens with one attached hydrogen (secondary N) is 1.